The van der Waals surface area contributed by atoms with E-state index in [9.17, 15) is 0 Å². The molecule has 3 aromatic carbocycles. The molecule has 0 saturated carbocycles. The van der Waals surface area contributed by atoms with Crippen molar-refractivity contribution in [2.24, 2.45) is 0 Å². The smallest absolute Gasteiger partial charge is 0.0533 e. The summed E-state index contributed by atoms with van der Waals surface area (Å²) < 4.78 is 8.85. The van der Waals surface area contributed by atoms with Gasteiger partial charge in [-0.3, -0.25) is 0 Å². The van der Waals surface area contributed by atoms with E-state index in [4.69, 9.17) is 0 Å². The molecule has 0 fully saturated rings. The van der Waals surface area contributed by atoms with Crippen molar-refractivity contribution in [3.63, 3.8) is 0 Å². The molecule has 0 atom stereocenters. The second-order valence-corrected chi connectivity index (χ2v) is 16.6. The second-order valence-electron chi connectivity index (χ2n) is 12.2. The van der Waals surface area contributed by atoms with Crippen LogP contribution in [0.25, 0.3) is 60.5 Å². The summed E-state index contributed by atoms with van der Waals surface area (Å²) in [5, 5.41) is 8.63. The summed E-state index contributed by atoms with van der Waals surface area (Å²) in [7, 11) is 0. The third kappa shape index (κ3) is 5.65. The van der Waals surface area contributed by atoms with E-state index < -0.39 is 0 Å². The summed E-state index contributed by atoms with van der Waals surface area (Å²) in [5.41, 5.74) is 0. The number of thiophene rings is 4. The number of aryl methyl sites for hydroxylation is 2. The van der Waals surface area contributed by atoms with Crippen molar-refractivity contribution in [3.05, 3.63) is 58.3 Å². The first kappa shape index (κ1) is 28.8. The lowest BCUT2D eigenvalue weighted by Gasteiger charge is -1.98. The lowest BCUT2D eigenvalue weighted by molar-refractivity contribution is 0.609. The molecule has 7 rings (SSSR count). The van der Waals surface area contributed by atoms with E-state index in [1.54, 1.807) is 9.75 Å². The van der Waals surface area contributed by atoms with Crippen molar-refractivity contribution >= 4 is 106 Å². The number of rotatable bonds is 14. The Hall–Kier alpha value is -1.98. The van der Waals surface area contributed by atoms with E-state index in [0.29, 0.717) is 0 Å². The maximum Gasteiger partial charge on any atom is 0.0533 e. The van der Waals surface area contributed by atoms with Crippen molar-refractivity contribution in [2.75, 3.05) is 0 Å². The zero-order chi connectivity index (χ0) is 28.5. The van der Waals surface area contributed by atoms with Crippen molar-refractivity contribution in [1.82, 2.24) is 0 Å². The van der Waals surface area contributed by atoms with Gasteiger partial charge in [-0.1, -0.05) is 102 Å². The normalized spacial score (nSPS) is 12.4. The Morgan fingerprint density at radius 1 is 0.405 bits per heavy atom. The maximum atomic E-state index is 2.50. The van der Waals surface area contributed by atoms with Crippen LogP contribution in [0.4, 0.5) is 0 Å². The standard InChI is InChI=1S/C38H42S4/c1-3-5-7-9-11-13-15-27-21-25-17-19-29-31-23-34-32(24-33(31)41-37(29)35(25)39-27)30-20-18-26-22-28(40-36(26)38(30)42-34)16-14-12-10-8-6-4-2/h17-24H,3-16H2,1-2H3. The quantitative estimate of drug-likeness (QED) is 0.105. The molecule has 42 heavy (non-hydrogen) atoms. The SMILES string of the molecule is CCCCCCCCc1cc2ccc3c4cc5sc6c(ccc7cc(CCCCCCCC)sc76)c5cc4sc3c2s1. The van der Waals surface area contributed by atoms with Crippen molar-refractivity contribution in [2.45, 2.75) is 104 Å². The fraction of sp³-hybridized carbons (Fsp3) is 0.421. The van der Waals surface area contributed by atoms with Gasteiger partial charge < -0.3 is 0 Å². The fourth-order valence-corrected chi connectivity index (χ4v) is 11.8. The molecule has 4 heteroatoms. The Morgan fingerprint density at radius 2 is 0.833 bits per heavy atom. The first-order chi connectivity index (χ1) is 20.7. The van der Waals surface area contributed by atoms with E-state index in [-0.39, 0.29) is 0 Å². The van der Waals surface area contributed by atoms with E-state index in [0.717, 1.165) is 0 Å². The molecule has 0 amide bonds. The predicted molar refractivity (Wildman–Crippen MR) is 197 cm³/mol. The van der Waals surface area contributed by atoms with Gasteiger partial charge in [-0.2, -0.15) is 0 Å². The summed E-state index contributed by atoms with van der Waals surface area (Å²) in [6.07, 6.45) is 18.9. The molecule has 0 aliphatic carbocycles. The van der Waals surface area contributed by atoms with Crippen molar-refractivity contribution in [1.29, 1.82) is 0 Å². The van der Waals surface area contributed by atoms with Crippen LogP contribution in [0.1, 0.15) is 101 Å². The molecule has 0 saturated heterocycles. The van der Waals surface area contributed by atoms with Gasteiger partial charge in [-0.25, -0.2) is 0 Å². The monoisotopic (exact) mass is 626 g/mol. The van der Waals surface area contributed by atoms with Crippen LogP contribution in [-0.4, -0.2) is 0 Å². The molecular formula is C38H42S4. The Balaban J connectivity index is 1.17. The number of benzene rings is 3. The van der Waals surface area contributed by atoms with E-state index in [1.807, 2.05) is 45.3 Å². The lowest BCUT2D eigenvalue weighted by atomic mass is 10.1. The molecule has 0 radical (unpaired) electrons. The van der Waals surface area contributed by atoms with Crippen LogP contribution in [0.5, 0.6) is 0 Å². The van der Waals surface area contributed by atoms with Crippen LogP contribution in [0, 0.1) is 0 Å². The summed E-state index contributed by atoms with van der Waals surface area (Å²) in [6, 6.07) is 19.5. The topological polar surface area (TPSA) is 0 Å². The number of fused-ring (bicyclic) bond motifs is 10. The largest absolute Gasteiger partial charge is 0.139 e. The van der Waals surface area contributed by atoms with Gasteiger partial charge in [-0.15, -0.1) is 45.3 Å². The highest BCUT2D eigenvalue weighted by Gasteiger charge is 2.16. The summed E-state index contributed by atoms with van der Waals surface area (Å²) in [6.45, 7) is 4.60. The van der Waals surface area contributed by atoms with Crippen LogP contribution in [0.2, 0.25) is 0 Å². The molecule has 0 nitrogen and oxygen atoms in total. The molecule has 0 unspecified atom stereocenters. The third-order valence-corrected chi connectivity index (χ3v) is 14.1. The third-order valence-electron chi connectivity index (χ3n) is 9.02. The summed E-state index contributed by atoms with van der Waals surface area (Å²) in [4.78, 5) is 3.13. The van der Waals surface area contributed by atoms with Gasteiger partial charge in [0.05, 0.1) is 18.8 Å². The lowest BCUT2D eigenvalue weighted by Crippen LogP contribution is -1.82. The highest BCUT2D eigenvalue weighted by atomic mass is 32.1. The zero-order valence-electron chi connectivity index (χ0n) is 25.2. The predicted octanol–water partition coefficient (Wildman–Crippen LogP) is 14.7. The van der Waals surface area contributed by atoms with E-state index in [2.05, 4.69) is 62.4 Å². The summed E-state index contributed by atoms with van der Waals surface area (Å²) in [5.74, 6) is 0. The first-order valence-electron chi connectivity index (χ1n) is 16.4. The molecule has 4 heterocycles. The minimum Gasteiger partial charge on any atom is -0.139 e. The van der Waals surface area contributed by atoms with E-state index >= 15 is 0 Å². The van der Waals surface area contributed by atoms with Gasteiger partial charge in [0.1, 0.15) is 0 Å². The average Bonchev–Trinajstić information content (AvgIpc) is 3.77. The molecule has 0 bridgehead atoms. The van der Waals surface area contributed by atoms with Crippen LogP contribution in [-0.2, 0) is 12.8 Å². The van der Waals surface area contributed by atoms with Crippen LogP contribution in [0.15, 0.2) is 48.5 Å². The molecule has 0 spiro atoms. The van der Waals surface area contributed by atoms with Gasteiger partial charge >= 0.3 is 0 Å². The average molecular weight is 627 g/mol. The fourth-order valence-electron chi connectivity index (χ4n) is 6.66. The maximum absolute atomic E-state index is 2.50. The minimum absolute atomic E-state index is 1.23. The van der Waals surface area contributed by atoms with Crippen molar-refractivity contribution < 1.29 is 0 Å². The Labute approximate surface area is 266 Å². The molecular weight excluding hydrogens is 585 g/mol. The van der Waals surface area contributed by atoms with Gasteiger partial charge in [0.15, 0.2) is 0 Å². The second kappa shape index (κ2) is 12.9. The molecule has 7 aromatic rings. The highest BCUT2D eigenvalue weighted by molar-refractivity contribution is 7.32. The van der Waals surface area contributed by atoms with Crippen LogP contribution in [0.3, 0.4) is 0 Å². The molecule has 0 aliphatic heterocycles. The number of hydrogen-bond acceptors (Lipinski definition) is 4. The van der Waals surface area contributed by atoms with Crippen LogP contribution < -0.4 is 0 Å². The van der Waals surface area contributed by atoms with Gasteiger partial charge in [0.2, 0.25) is 0 Å². The zero-order valence-corrected chi connectivity index (χ0v) is 28.4. The van der Waals surface area contributed by atoms with Gasteiger partial charge in [0.25, 0.3) is 0 Å². The Morgan fingerprint density at radius 3 is 1.29 bits per heavy atom. The van der Waals surface area contributed by atoms with E-state index in [1.165, 1.54) is 150 Å². The molecule has 4 aromatic heterocycles. The van der Waals surface area contributed by atoms with Crippen molar-refractivity contribution in [3.8, 4) is 0 Å². The minimum atomic E-state index is 1.23. The molecule has 218 valence electrons. The number of hydrogen-bond donors (Lipinski definition) is 0. The highest BCUT2D eigenvalue weighted by Crippen LogP contribution is 2.47. The molecule has 0 aliphatic rings. The Kier molecular flexibility index (Phi) is 8.86. The summed E-state index contributed by atoms with van der Waals surface area (Å²) >= 11 is 8.12. The number of unbranched alkanes of at least 4 members (excludes halogenated alkanes) is 10. The molecule has 0 N–H and O–H groups in total. The van der Waals surface area contributed by atoms with Gasteiger partial charge in [-0.05, 0) is 60.7 Å². The van der Waals surface area contributed by atoms with Gasteiger partial charge in [0, 0.05) is 40.7 Å². The van der Waals surface area contributed by atoms with Crippen LogP contribution >= 0.6 is 45.3 Å². The Bertz CT molecular complexity index is 1830. The first-order valence-corrected chi connectivity index (χ1v) is 19.7.